The second-order valence-corrected chi connectivity index (χ2v) is 6.46. The summed E-state index contributed by atoms with van der Waals surface area (Å²) in [6.07, 6.45) is 4.88. The van der Waals surface area contributed by atoms with Gasteiger partial charge in [0.25, 0.3) is 0 Å². The summed E-state index contributed by atoms with van der Waals surface area (Å²) in [6, 6.07) is 21.5. The monoisotopic (exact) mass is 323 g/mol. The van der Waals surface area contributed by atoms with Crippen LogP contribution in [0.3, 0.4) is 0 Å². The Morgan fingerprint density at radius 3 is 1.96 bits per heavy atom. The Morgan fingerprint density at radius 1 is 0.917 bits per heavy atom. The number of benzene rings is 2. The Morgan fingerprint density at radius 2 is 1.46 bits per heavy atom. The first-order valence-electron chi connectivity index (χ1n) is 8.71. The van der Waals surface area contributed by atoms with Gasteiger partial charge in [-0.25, -0.2) is 0 Å². The summed E-state index contributed by atoms with van der Waals surface area (Å²) >= 11 is 0. The van der Waals surface area contributed by atoms with Crippen LogP contribution >= 0.6 is 0 Å². The molecule has 0 radical (unpaired) electrons. The predicted octanol–water partition coefficient (Wildman–Crippen LogP) is 4.33. The minimum absolute atomic E-state index is 0.344. The van der Waals surface area contributed by atoms with Crippen molar-refractivity contribution in [3.05, 3.63) is 84.2 Å². The molecule has 0 fully saturated rings. The molecule has 126 valence electrons. The maximum atomic E-state index is 5.65. The van der Waals surface area contributed by atoms with Crippen molar-refractivity contribution in [1.82, 2.24) is 4.90 Å². The van der Waals surface area contributed by atoms with Crippen molar-refractivity contribution in [2.75, 3.05) is 13.3 Å². The molecule has 24 heavy (non-hydrogen) atoms. The Kier molecular flexibility index (Phi) is 5.34. The Balaban J connectivity index is 1.85. The van der Waals surface area contributed by atoms with E-state index in [1.54, 1.807) is 0 Å². The maximum Gasteiger partial charge on any atom is 0.168 e. The zero-order chi connectivity index (χ0) is 16.8. The highest BCUT2D eigenvalue weighted by molar-refractivity contribution is 5.16. The van der Waals surface area contributed by atoms with Crippen molar-refractivity contribution >= 4 is 0 Å². The van der Waals surface area contributed by atoms with Gasteiger partial charge in [0.2, 0.25) is 0 Å². The number of hydrogen-bond acceptors (Lipinski definition) is 2. The molecular weight excluding hydrogens is 296 g/mol. The third-order valence-electron chi connectivity index (χ3n) is 4.86. The number of nitrogens with zero attached hydrogens (tertiary/aromatic N) is 2. The van der Waals surface area contributed by atoms with Crippen LogP contribution in [-0.2, 0) is 17.8 Å². The van der Waals surface area contributed by atoms with Crippen molar-refractivity contribution < 1.29 is 9.22 Å². The van der Waals surface area contributed by atoms with E-state index in [9.17, 15) is 0 Å². The second kappa shape index (κ2) is 7.65. The third kappa shape index (κ3) is 3.69. The first kappa shape index (κ1) is 16.7. The van der Waals surface area contributed by atoms with Crippen LogP contribution < -0.4 is 0 Å². The summed E-state index contributed by atoms with van der Waals surface area (Å²) in [4.78, 5) is 2.30. The molecule has 0 aromatic heterocycles. The van der Waals surface area contributed by atoms with Gasteiger partial charge < -0.3 is 9.64 Å². The molecule has 0 N–H and O–H groups in total. The Hall–Kier alpha value is -2.10. The largest absolute Gasteiger partial charge is 0.361 e. The van der Waals surface area contributed by atoms with E-state index in [1.807, 2.05) is 6.92 Å². The highest BCUT2D eigenvalue weighted by Gasteiger charge is 2.40. The molecule has 0 spiro atoms. The van der Waals surface area contributed by atoms with E-state index in [1.165, 1.54) is 11.1 Å². The zero-order valence-corrected chi connectivity index (χ0v) is 14.6. The maximum absolute atomic E-state index is 5.65. The number of quaternary nitrogens is 1. The first-order valence-corrected chi connectivity index (χ1v) is 8.71. The fourth-order valence-corrected chi connectivity index (χ4v) is 3.38. The Labute approximate surface area is 145 Å². The summed E-state index contributed by atoms with van der Waals surface area (Å²) in [5, 5.41) is 0. The molecule has 1 atom stereocenters. The first-order chi connectivity index (χ1) is 11.7. The van der Waals surface area contributed by atoms with Crippen LogP contribution in [0.1, 0.15) is 25.0 Å². The van der Waals surface area contributed by atoms with E-state index >= 15 is 0 Å². The van der Waals surface area contributed by atoms with Gasteiger partial charge in [-0.3, -0.25) is 4.48 Å². The lowest BCUT2D eigenvalue weighted by Gasteiger charge is -2.39. The van der Waals surface area contributed by atoms with E-state index in [0.29, 0.717) is 12.9 Å². The number of ether oxygens (including phenoxy) is 1. The standard InChI is InChI=1S/C21H27N2O/c1-3-24-18-22-14-15-23(19(22)2,16-20-10-6-4-7-11-20)17-21-12-8-5-9-13-21/h4-15,19H,3,16-18H2,1-2H3/q+1. The molecule has 1 unspecified atom stereocenters. The quantitative estimate of drug-likeness (QED) is 0.703. The lowest BCUT2D eigenvalue weighted by molar-refractivity contribution is -0.931. The summed E-state index contributed by atoms with van der Waals surface area (Å²) in [6.45, 7) is 7.70. The van der Waals surface area contributed by atoms with Gasteiger partial charge in [0, 0.05) is 24.7 Å². The van der Waals surface area contributed by atoms with Crippen molar-refractivity contribution in [3.63, 3.8) is 0 Å². The van der Waals surface area contributed by atoms with E-state index in [2.05, 4.69) is 84.9 Å². The van der Waals surface area contributed by atoms with Crippen molar-refractivity contribution in [1.29, 1.82) is 0 Å². The van der Waals surface area contributed by atoms with Crippen LogP contribution in [0.5, 0.6) is 0 Å². The molecule has 3 rings (SSSR count). The molecule has 3 heteroatoms. The molecule has 0 saturated carbocycles. The van der Waals surface area contributed by atoms with Gasteiger partial charge >= 0.3 is 0 Å². The second-order valence-electron chi connectivity index (χ2n) is 6.46. The van der Waals surface area contributed by atoms with Gasteiger partial charge in [-0.1, -0.05) is 60.7 Å². The van der Waals surface area contributed by atoms with Gasteiger partial charge in [-0.2, -0.15) is 0 Å². The Bertz CT molecular complexity index is 613. The molecule has 0 bridgehead atoms. The molecule has 0 amide bonds. The summed E-state index contributed by atoms with van der Waals surface area (Å²) < 4.78 is 6.54. The molecule has 2 aromatic carbocycles. The molecule has 1 heterocycles. The van der Waals surface area contributed by atoms with Gasteiger partial charge in [0.1, 0.15) is 26.0 Å². The lowest BCUT2D eigenvalue weighted by atomic mass is 10.1. The van der Waals surface area contributed by atoms with E-state index in [-0.39, 0.29) is 0 Å². The SMILES string of the molecule is CCOCN1C=C[N+](Cc2ccccc2)(Cc2ccccc2)C1C. The molecule has 0 aliphatic carbocycles. The van der Waals surface area contributed by atoms with Gasteiger partial charge in [0.05, 0.1) is 6.20 Å². The fourth-order valence-electron chi connectivity index (χ4n) is 3.38. The minimum Gasteiger partial charge on any atom is -0.361 e. The van der Waals surface area contributed by atoms with Crippen LogP contribution in [0.2, 0.25) is 0 Å². The number of hydrogen-bond donors (Lipinski definition) is 0. The van der Waals surface area contributed by atoms with E-state index in [4.69, 9.17) is 4.74 Å². The highest BCUT2D eigenvalue weighted by atomic mass is 16.5. The van der Waals surface area contributed by atoms with Gasteiger partial charge in [-0.15, -0.1) is 0 Å². The average molecular weight is 323 g/mol. The smallest absolute Gasteiger partial charge is 0.168 e. The molecule has 3 nitrogen and oxygen atoms in total. The summed E-state index contributed by atoms with van der Waals surface area (Å²) in [7, 11) is 0. The number of rotatable bonds is 7. The normalized spacial score (nSPS) is 18.9. The summed E-state index contributed by atoms with van der Waals surface area (Å²) in [5.74, 6) is 0. The lowest BCUT2D eigenvalue weighted by Crippen LogP contribution is -2.51. The fraction of sp³-hybridized carbons (Fsp3) is 0.333. The molecular formula is C21H27N2O+. The van der Waals surface area contributed by atoms with Crippen LogP contribution in [0, 0.1) is 0 Å². The predicted molar refractivity (Wildman–Crippen MR) is 97.5 cm³/mol. The van der Waals surface area contributed by atoms with Crippen LogP contribution in [0.4, 0.5) is 0 Å². The topological polar surface area (TPSA) is 12.5 Å². The van der Waals surface area contributed by atoms with Crippen molar-refractivity contribution in [2.45, 2.75) is 33.1 Å². The zero-order valence-electron chi connectivity index (χ0n) is 14.6. The van der Waals surface area contributed by atoms with Crippen molar-refractivity contribution in [3.8, 4) is 0 Å². The van der Waals surface area contributed by atoms with E-state index in [0.717, 1.165) is 24.2 Å². The minimum atomic E-state index is 0.344. The molecule has 0 saturated heterocycles. The molecule has 2 aromatic rings. The summed E-state index contributed by atoms with van der Waals surface area (Å²) in [5.41, 5.74) is 2.73. The van der Waals surface area contributed by atoms with Crippen LogP contribution in [-0.4, -0.2) is 28.9 Å². The average Bonchev–Trinajstić information content (AvgIpc) is 2.91. The van der Waals surface area contributed by atoms with Gasteiger partial charge in [-0.05, 0) is 6.92 Å². The van der Waals surface area contributed by atoms with Crippen molar-refractivity contribution in [2.24, 2.45) is 0 Å². The highest BCUT2D eigenvalue weighted by Crippen LogP contribution is 2.31. The third-order valence-corrected chi connectivity index (χ3v) is 4.86. The van der Waals surface area contributed by atoms with E-state index < -0.39 is 0 Å². The van der Waals surface area contributed by atoms with Crippen LogP contribution in [0.15, 0.2) is 73.1 Å². The molecule has 1 aliphatic rings. The molecule has 1 aliphatic heterocycles. The van der Waals surface area contributed by atoms with Gasteiger partial charge in [0.15, 0.2) is 6.17 Å². The van der Waals surface area contributed by atoms with Crippen LogP contribution in [0.25, 0.3) is 0 Å².